The van der Waals surface area contributed by atoms with Gasteiger partial charge in [-0.1, -0.05) is 0 Å². The summed E-state index contributed by atoms with van der Waals surface area (Å²) in [7, 11) is 1.85. The maximum Gasteiger partial charge on any atom is 0.434 e. The largest absolute Gasteiger partial charge is 0.434 e. The highest BCUT2D eigenvalue weighted by Gasteiger charge is 2.33. The van der Waals surface area contributed by atoms with Crippen molar-refractivity contribution in [2.45, 2.75) is 25.7 Å². The number of aryl methyl sites for hydroxylation is 1. The number of alkyl halides is 3. The Balaban J connectivity index is 1.70. The molecule has 1 unspecified atom stereocenters. The number of nitrogens with one attached hydrogen (secondary N) is 1. The van der Waals surface area contributed by atoms with Gasteiger partial charge in [0.25, 0.3) is 0 Å². The quantitative estimate of drug-likeness (QED) is 0.629. The second-order valence-electron chi connectivity index (χ2n) is 6.05. The monoisotopic (exact) mass is 402 g/mol. The Labute approximate surface area is 158 Å². The molecular weight excluding hydrogens is 381 g/mol. The van der Waals surface area contributed by atoms with Crippen molar-refractivity contribution in [1.82, 2.24) is 25.0 Å². The first-order chi connectivity index (χ1) is 12.9. The third-order valence-electron chi connectivity index (χ3n) is 4.00. The summed E-state index contributed by atoms with van der Waals surface area (Å²) in [6.07, 6.45) is -0.878. The molecule has 11 heteroatoms. The van der Waals surface area contributed by atoms with E-state index >= 15 is 0 Å². The Morgan fingerprint density at radius 3 is 2.93 bits per heavy atom. The minimum Gasteiger partial charge on any atom is -0.370 e. The molecule has 0 spiro atoms. The van der Waals surface area contributed by atoms with Crippen LogP contribution < -0.4 is 5.32 Å². The fourth-order valence-corrected chi connectivity index (χ4v) is 3.46. The number of thiazole rings is 1. The van der Waals surface area contributed by atoms with E-state index in [0.29, 0.717) is 37.2 Å². The SMILES string of the molecule is CCNC(=NCc1nc(C(F)(F)F)cs1)N1CCOC(c2cnn(C)c2)C1. The molecule has 1 fully saturated rings. The van der Waals surface area contributed by atoms with E-state index in [0.717, 1.165) is 22.3 Å². The van der Waals surface area contributed by atoms with E-state index in [-0.39, 0.29) is 12.6 Å². The lowest BCUT2D eigenvalue weighted by molar-refractivity contribution is -0.140. The Kier molecular flexibility index (Phi) is 6.00. The highest BCUT2D eigenvalue weighted by Crippen LogP contribution is 2.30. The van der Waals surface area contributed by atoms with Gasteiger partial charge in [-0.3, -0.25) is 4.68 Å². The fourth-order valence-electron chi connectivity index (χ4n) is 2.73. The van der Waals surface area contributed by atoms with Crippen LogP contribution in [0.3, 0.4) is 0 Å². The van der Waals surface area contributed by atoms with Gasteiger partial charge in [0.2, 0.25) is 0 Å². The van der Waals surface area contributed by atoms with Gasteiger partial charge < -0.3 is 15.0 Å². The molecule has 1 aliphatic rings. The Morgan fingerprint density at radius 2 is 2.30 bits per heavy atom. The number of morpholine rings is 1. The highest BCUT2D eigenvalue weighted by atomic mass is 32.1. The molecule has 0 aromatic carbocycles. The van der Waals surface area contributed by atoms with Crippen molar-refractivity contribution in [2.75, 3.05) is 26.2 Å². The van der Waals surface area contributed by atoms with Crippen LogP contribution in [0, 0.1) is 0 Å². The molecule has 2 aromatic rings. The van der Waals surface area contributed by atoms with E-state index < -0.39 is 11.9 Å². The molecule has 0 radical (unpaired) electrons. The van der Waals surface area contributed by atoms with E-state index in [4.69, 9.17) is 4.74 Å². The molecule has 1 atom stereocenters. The van der Waals surface area contributed by atoms with Crippen LogP contribution in [0.1, 0.15) is 29.3 Å². The summed E-state index contributed by atoms with van der Waals surface area (Å²) >= 11 is 0.963. The van der Waals surface area contributed by atoms with Crippen LogP contribution in [0.4, 0.5) is 13.2 Å². The first-order valence-electron chi connectivity index (χ1n) is 8.52. The van der Waals surface area contributed by atoms with Crippen molar-refractivity contribution in [3.63, 3.8) is 0 Å². The number of guanidine groups is 1. The number of aromatic nitrogens is 3. The fraction of sp³-hybridized carbons (Fsp3) is 0.562. The normalized spacial score (nSPS) is 18.8. The molecular formula is C16H21F3N6OS. The Morgan fingerprint density at radius 1 is 1.48 bits per heavy atom. The number of aliphatic imine (C=N–C) groups is 1. The van der Waals surface area contributed by atoms with Crippen LogP contribution in [0.15, 0.2) is 22.8 Å². The molecule has 148 valence electrons. The van der Waals surface area contributed by atoms with Crippen LogP contribution in [-0.2, 0) is 24.5 Å². The lowest BCUT2D eigenvalue weighted by Gasteiger charge is -2.34. The van der Waals surface area contributed by atoms with Gasteiger partial charge in [-0.25, -0.2) is 9.98 Å². The van der Waals surface area contributed by atoms with Crippen molar-refractivity contribution in [2.24, 2.45) is 12.0 Å². The number of halogens is 3. The number of nitrogens with zero attached hydrogens (tertiary/aromatic N) is 5. The van der Waals surface area contributed by atoms with Crippen molar-refractivity contribution < 1.29 is 17.9 Å². The van der Waals surface area contributed by atoms with Crippen LogP contribution in [0.25, 0.3) is 0 Å². The van der Waals surface area contributed by atoms with Gasteiger partial charge in [-0.15, -0.1) is 11.3 Å². The van der Waals surface area contributed by atoms with Crippen molar-refractivity contribution >= 4 is 17.3 Å². The Bertz CT molecular complexity index is 787. The first kappa shape index (κ1) is 19.6. The standard InChI is InChI=1S/C16H21F3N6OS/c1-3-20-15(21-7-14-23-13(10-27-14)16(17,18)19)25-4-5-26-12(9-25)11-6-22-24(2)8-11/h6,8,10,12H,3-5,7,9H2,1-2H3,(H,20,21). The average molecular weight is 402 g/mol. The smallest absolute Gasteiger partial charge is 0.370 e. The lowest BCUT2D eigenvalue weighted by Crippen LogP contribution is -2.48. The number of rotatable bonds is 4. The maximum absolute atomic E-state index is 12.7. The van der Waals surface area contributed by atoms with Crippen LogP contribution in [-0.4, -0.2) is 51.9 Å². The van der Waals surface area contributed by atoms with Gasteiger partial charge in [-0.2, -0.15) is 18.3 Å². The molecule has 0 saturated carbocycles. The van der Waals surface area contributed by atoms with E-state index in [1.165, 1.54) is 0 Å². The summed E-state index contributed by atoms with van der Waals surface area (Å²) in [5, 5.41) is 8.71. The predicted octanol–water partition coefficient (Wildman–Crippen LogP) is 2.43. The van der Waals surface area contributed by atoms with Gasteiger partial charge in [0.15, 0.2) is 11.7 Å². The van der Waals surface area contributed by atoms with Crippen LogP contribution in [0.5, 0.6) is 0 Å². The summed E-state index contributed by atoms with van der Waals surface area (Å²) in [4.78, 5) is 10.1. The molecule has 3 heterocycles. The van der Waals surface area contributed by atoms with Crippen molar-refractivity contribution in [3.05, 3.63) is 34.0 Å². The average Bonchev–Trinajstić information content (AvgIpc) is 3.27. The van der Waals surface area contributed by atoms with Gasteiger partial charge in [0.1, 0.15) is 11.1 Å². The zero-order chi connectivity index (χ0) is 19.4. The summed E-state index contributed by atoms with van der Waals surface area (Å²) in [6.45, 7) is 4.45. The Hall–Kier alpha value is -2.14. The van der Waals surface area contributed by atoms with Gasteiger partial charge in [-0.05, 0) is 6.92 Å². The summed E-state index contributed by atoms with van der Waals surface area (Å²) in [5.41, 5.74) is 0.110. The first-order valence-corrected chi connectivity index (χ1v) is 9.39. The molecule has 27 heavy (non-hydrogen) atoms. The number of ether oxygens (including phenoxy) is 1. The van der Waals surface area contributed by atoms with E-state index in [1.807, 2.05) is 25.1 Å². The summed E-state index contributed by atoms with van der Waals surface area (Å²) in [5.74, 6) is 0.637. The third-order valence-corrected chi connectivity index (χ3v) is 4.84. The molecule has 1 aliphatic heterocycles. The van der Waals surface area contributed by atoms with Crippen LogP contribution >= 0.6 is 11.3 Å². The molecule has 3 rings (SSSR count). The zero-order valence-electron chi connectivity index (χ0n) is 15.0. The molecule has 1 N–H and O–H groups in total. The summed E-state index contributed by atoms with van der Waals surface area (Å²) < 4.78 is 45.6. The molecule has 0 amide bonds. The molecule has 0 bridgehead atoms. The van der Waals surface area contributed by atoms with E-state index in [2.05, 4.69) is 20.4 Å². The maximum atomic E-state index is 12.7. The van der Waals surface area contributed by atoms with Crippen LogP contribution in [0.2, 0.25) is 0 Å². The topological polar surface area (TPSA) is 67.6 Å². The molecule has 1 saturated heterocycles. The van der Waals surface area contributed by atoms with Gasteiger partial charge >= 0.3 is 6.18 Å². The van der Waals surface area contributed by atoms with E-state index in [1.54, 1.807) is 10.9 Å². The number of hydrogen-bond donors (Lipinski definition) is 1. The predicted molar refractivity (Wildman–Crippen MR) is 95.4 cm³/mol. The van der Waals surface area contributed by atoms with Gasteiger partial charge in [0.05, 0.1) is 25.9 Å². The minimum absolute atomic E-state index is 0.0952. The minimum atomic E-state index is -4.43. The second-order valence-corrected chi connectivity index (χ2v) is 6.99. The van der Waals surface area contributed by atoms with Gasteiger partial charge in [0, 0.05) is 37.3 Å². The lowest BCUT2D eigenvalue weighted by atomic mass is 10.1. The third kappa shape index (κ3) is 4.98. The number of hydrogen-bond acceptors (Lipinski definition) is 5. The molecule has 7 nitrogen and oxygen atoms in total. The summed E-state index contributed by atoms with van der Waals surface area (Å²) in [6, 6.07) is 0. The van der Waals surface area contributed by atoms with Crippen molar-refractivity contribution in [1.29, 1.82) is 0 Å². The van der Waals surface area contributed by atoms with Crippen molar-refractivity contribution in [3.8, 4) is 0 Å². The molecule has 0 aliphatic carbocycles. The van der Waals surface area contributed by atoms with E-state index in [9.17, 15) is 13.2 Å². The molecule has 2 aromatic heterocycles. The second kappa shape index (κ2) is 8.26. The highest BCUT2D eigenvalue weighted by molar-refractivity contribution is 7.09. The zero-order valence-corrected chi connectivity index (χ0v) is 15.8.